The molecule has 3 rings (SSSR count). The number of hydrogen-bond acceptors (Lipinski definition) is 0. The van der Waals surface area contributed by atoms with E-state index >= 15 is 0 Å². The largest absolute Gasteiger partial charge is 0.0843 e. The van der Waals surface area contributed by atoms with Crippen molar-refractivity contribution in [1.82, 2.24) is 0 Å². The van der Waals surface area contributed by atoms with Crippen LogP contribution in [0.2, 0.25) is 37.3 Å². The molecule has 0 saturated carbocycles. The summed E-state index contributed by atoms with van der Waals surface area (Å²) in [4.78, 5) is 0. The van der Waals surface area contributed by atoms with Gasteiger partial charge in [0.15, 0.2) is 0 Å². The van der Waals surface area contributed by atoms with E-state index in [1.165, 1.54) is 0 Å². The number of rotatable bonds is 0. The zero-order valence-corrected chi connectivity index (χ0v) is 10.5. The van der Waals surface area contributed by atoms with Gasteiger partial charge in [-0.05, 0) is 11.1 Å². The van der Waals surface area contributed by atoms with Gasteiger partial charge in [0.05, 0.1) is 15.2 Å². The van der Waals surface area contributed by atoms with Crippen LogP contribution in [0.1, 0.15) is 0 Å². The van der Waals surface area contributed by atoms with E-state index < -0.39 is 15.2 Å². The molecule has 0 radical (unpaired) electrons. The van der Waals surface area contributed by atoms with Crippen molar-refractivity contribution >= 4 is 15.2 Å². The zero-order chi connectivity index (χ0) is 8.98. The van der Waals surface area contributed by atoms with Crippen LogP contribution in [0.25, 0.3) is 0 Å². The highest BCUT2D eigenvalue weighted by atomic mass is 29.3. The lowest BCUT2D eigenvalue weighted by Gasteiger charge is -2.51. The second kappa shape index (κ2) is 2.23. The third-order valence-corrected chi connectivity index (χ3v) is 23.8. The van der Waals surface area contributed by atoms with E-state index in [0.717, 1.165) is 11.1 Å². The van der Waals surface area contributed by atoms with E-state index in [4.69, 9.17) is 0 Å². The van der Waals surface area contributed by atoms with Crippen LogP contribution in [0.15, 0.2) is 24.3 Å². The number of allylic oxidation sites excluding steroid dienone is 4. The van der Waals surface area contributed by atoms with Gasteiger partial charge in [-0.15, -0.1) is 0 Å². The number of fused-ring (bicyclic) bond motifs is 1. The summed E-state index contributed by atoms with van der Waals surface area (Å²) in [5.41, 5.74) is 1.70. The van der Waals surface area contributed by atoms with Crippen LogP contribution >= 0.6 is 0 Å². The van der Waals surface area contributed by atoms with Gasteiger partial charge in [0.1, 0.15) is 0 Å². The molecule has 12 heavy (non-hydrogen) atoms. The van der Waals surface area contributed by atoms with Crippen molar-refractivity contribution in [3.05, 3.63) is 24.3 Å². The van der Waals surface area contributed by atoms with Gasteiger partial charge >= 0.3 is 0 Å². The summed E-state index contributed by atoms with van der Waals surface area (Å²) in [6, 6.07) is 0. The lowest BCUT2D eigenvalue weighted by Crippen LogP contribution is -2.62. The SMILES string of the molecule is C[Si]1(C)C2C=CC(C=C2)[Si]1(C)C. The minimum absolute atomic E-state index is 0.851. The molecule has 2 heteroatoms. The second-order valence-electron chi connectivity index (χ2n) is 5.26. The molecule has 3 aliphatic rings. The highest BCUT2D eigenvalue weighted by molar-refractivity contribution is 7.42. The van der Waals surface area contributed by atoms with Gasteiger partial charge in [0.25, 0.3) is 0 Å². The van der Waals surface area contributed by atoms with Crippen LogP contribution in [-0.2, 0) is 0 Å². The first-order valence-electron chi connectivity index (χ1n) is 4.83. The van der Waals surface area contributed by atoms with E-state index in [2.05, 4.69) is 50.5 Å². The first-order chi connectivity index (χ1) is 5.46. The monoisotopic (exact) mass is 194 g/mol. The molecule has 0 unspecified atom stereocenters. The minimum atomic E-state index is -0.932. The van der Waals surface area contributed by atoms with Crippen LogP contribution in [0.3, 0.4) is 0 Å². The zero-order valence-electron chi connectivity index (χ0n) is 8.46. The summed E-state index contributed by atoms with van der Waals surface area (Å²) in [6.07, 6.45) is 9.87. The van der Waals surface area contributed by atoms with Crippen molar-refractivity contribution in [2.45, 2.75) is 37.3 Å². The van der Waals surface area contributed by atoms with Gasteiger partial charge < -0.3 is 0 Å². The minimum Gasteiger partial charge on any atom is -0.0843 e. The molecule has 0 aromatic rings. The molecule has 0 amide bonds. The molecule has 0 atom stereocenters. The van der Waals surface area contributed by atoms with E-state index in [1.807, 2.05) is 0 Å². The quantitative estimate of drug-likeness (QED) is 0.410. The highest BCUT2D eigenvalue weighted by Crippen LogP contribution is 2.49. The Morgan fingerprint density at radius 1 is 0.667 bits per heavy atom. The highest BCUT2D eigenvalue weighted by Gasteiger charge is 2.52. The van der Waals surface area contributed by atoms with Gasteiger partial charge in [0, 0.05) is 0 Å². The normalized spacial score (nSPS) is 40.3. The molecule has 2 heterocycles. The van der Waals surface area contributed by atoms with Crippen molar-refractivity contribution in [2.24, 2.45) is 0 Å². The Morgan fingerprint density at radius 3 is 1.08 bits per heavy atom. The maximum Gasteiger partial charge on any atom is 0.0539 e. The first-order valence-corrected chi connectivity index (χ1v) is 12.0. The summed E-state index contributed by atoms with van der Waals surface area (Å²) in [7, 11) is -1.86. The summed E-state index contributed by atoms with van der Waals surface area (Å²) in [5, 5.41) is 0. The predicted molar refractivity (Wildman–Crippen MR) is 60.7 cm³/mol. The molecule has 1 aliphatic carbocycles. The third-order valence-electron chi connectivity index (χ3n) is 4.38. The molecule has 2 aliphatic heterocycles. The van der Waals surface area contributed by atoms with Gasteiger partial charge in [-0.1, -0.05) is 50.5 Å². The fourth-order valence-electron chi connectivity index (χ4n) is 2.43. The van der Waals surface area contributed by atoms with Crippen molar-refractivity contribution in [2.75, 3.05) is 0 Å². The van der Waals surface area contributed by atoms with E-state index in [1.54, 1.807) is 0 Å². The molecule has 0 spiro atoms. The lowest BCUT2D eigenvalue weighted by molar-refractivity contribution is 1.10. The summed E-state index contributed by atoms with van der Waals surface area (Å²) < 4.78 is 0. The fraction of sp³-hybridized carbons (Fsp3) is 0.600. The maximum atomic E-state index is 2.59. The van der Waals surface area contributed by atoms with Crippen molar-refractivity contribution in [1.29, 1.82) is 0 Å². The third kappa shape index (κ3) is 0.824. The molecule has 0 N–H and O–H groups in total. The second-order valence-corrected chi connectivity index (χ2v) is 21.2. The Bertz CT molecular complexity index is 221. The molecule has 2 bridgehead atoms. The standard InChI is InChI=1S/C10H18Si2/c1-11(2)9-5-7-10(8-6-9)12(11,3)4/h5-10H,1-4H3. The smallest absolute Gasteiger partial charge is 0.0539 e. The van der Waals surface area contributed by atoms with Gasteiger partial charge in [-0.25, -0.2) is 0 Å². The molecule has 0 aromatic carbocycles. The Balaban J connectivity index is 2.52. The Hall–Kier alpha value is -0.0862. The van der Waals surface area contributed by atoms with Crippen LogP contribution in [0.4, 0.5) is 0 Å². The molecule has 0 fully saturated rings. The molecule has 0 nitrogen and oxygen atoms in total. The van der Waals surface area contributed by atoms with Crippen LogP contribution < -0.4 is 0 Å². The molecular formula is C10H18Si2. The van der Waals surface area contributed by atoms with Gasteiger partial charge in [-0.3, -0.25) is 0 Å². The topological polar surface area (TPSA) is 0 Å². The van der Waals surface area contributed by atoms with E-state index in [9.17, 15) is 0 Å². The van der Waals surface area contributed by atoms with Crippen LogP contribution in [0.5, 0.6) is 0 Å². The first kappa shape index (κ1) is 8.51. The van der Waals surface area contributed by atoms with Crippen molar-refractivity contribution in [3.8, 4) is 0 Å². The summed E-state index contributed by atoms with van der Waals surface area (Å²) >= 11 is 0. The average Bonchev–Trinajstić information content (AvgIpc) is 2.02. The van der Waals surface area contributed by atoms with E-state index in [-0.39, 0.29) is 0 Å². The van der Waals surface area contributed by atoms with Crippen molar-refractivity contribution in [3.63, 3.8) is 0 Å². The molecular weight excluding hydrogens is 176 g/mol. The predicted octanol–water partition coefficient (Wildman–Crippen LogP) is 3.36. The van der Waals surface area contributed by atoms with Crippen molar-refractivity contribution < 1.29 is 0 Å². The Kier molecular flexibility index (Phi) is 1.58. The fourth-order valence-corrected chi connectivity index (χ4v) is 12.8. The molecule has 66 valence electrons. The summed E-state index contributed by atoms with van der Waals surface area (Å²) in [6.45, 7) is 10.3. The van der Waals surface area contributed by atoms with Crippen LogP contribution in [-0.4, -0.2) is 15.2 Å². The van der Waals surface area contributed by atoms with E-state index in [0.29, 0.717) is 0 Å². The van der Waals surface area contributed by atoms with Gasteiger partial charge in [0.2, 0.25) is 0 Å². The number of hydrogen-bond donors (Lipinski definition) is 0. The lowest BCUT2D eigenvalue weighted by atomic mass is 10.2. The van der Waals surface area contributed by atoms with Crippen LogP contribution in [0, 0.1) is 0 Å². The molecule has 0 saturated heterocycles. The molecule has 0 aromatic heterocycles. The van der Waals surface area contributed by atoms with Gasteiger partial charge in [-0.2, -0.15) is 0 Å². The summed E-state index contributed by atoms with van der Waals surface area (Å²) in [5.74, 6) is 0. The maximum absolute atomic E-state index is 2.59. The average molecular weight is 194 g/mol. The Morgan fingerprint density at radius 2 is 0.917 bits per heavy atom. The Labute approximate surface area is 77.2 Å².